The lowest BCUT2D eigenvalue weighted by molar-refractivity contribution is -0.154. The molecule has 0 aromatic carbocycles. The van der Waals surface area contributed by atoms with Crippen LogP contribution >= 0.6 is 0 Å². The van der Waals surface area contributed by atoms with Crippen molar-refractivity contribution in [1.29, 1.82) is 0 Å². The van der Waals surface area contributed by atoms with Crippen molar-refractivity contribution in [1.82, 2.24) is 9.21 Å². The van der Waals surface area contributed by atoms with Gasteiger partial charge in [-0.2, -0.15) is 0 Å². The van der Waals surface area contributed by atoms with Crippen molar-refractivity contribution in [3.63, 3.8) is 0 Å². The van der Waals surface area contributed by atoms with E-state index >= 15 is 0 Å². The summed E-state index contributed by atoms with van der Waals surface area (Å²) in [7, 11) is -3.23. The van der Waals surface area contributed by atoms with Crippen LogP contribution in [0.1, 0.15) is 51.9 Å². The van der Waals surface area contributed by atoms with Gasteiger partial charge in [0.25, 0.3) is 0 Å². The number of unbranched alkanes of at least 4 members (excludes halogenated alkanes) is 1. The number of likely N-dealkylation sites (tertiary alicyclic amines) is 1. The zero-order valence-electron chi connectivity index (χ0n) is 14.3. The van der Waals surface area contributed by atoms with E-state index in [1.807, 2.05) is 6.92 Å². The van der Waals surface area contributed by atoms with E-state index in [1.54, 1.807) is 0 Å². The molecule has 1 N–H and O–H groups in total. The number of piperidine rings is 2. The number of rotatable bonds is 6. The second-order valence-electron chi connectivity index (χ2n) is 6.72. The van der Waals surface area contributed by atoms with Crippen LogP contribution in [0, 0.1) is 5.92 Å². The molecule has 1 amide bonds. The molecule has 7 nitrogen and oxygen atoms in total. The molecule has 0 unspecified atom stereocenters. The molecule has 0 aliphatic carbocycles. The standard InChI is InChI=1S/C16H28N2O5S/c1-2-3-12-24(22,23)17-10-7-13(8-11-17)15(19)18-9-5-4-6-14(18)16(20)21/h13-14H,2-12H2,1H3,(H,20,21)/t14-/m0/s1. The van der Waals surface area contributed by atoms with Gasteiger partial charge in [-0.15, -0.1) is 0 Å². The number of carboxylic acid groups (broad SMARTS) is 1. The van der Waals surface area contributed by atoms with Crippen molar-refractivity contribution in [3.05, 3.63) is 0 Å². The first kappa shape index (κ1) is 19.2. The van der Waals surface area contributed by atoms with E-state index in [-0.39, 0.29) is 17.6 Å². The summed E-state index contributed by atoms with van der Waals surface area (Å²) in [5.41, 5.74) is 0. The van der Waals surface area contributed by atoms with Crippen molar-refractivity contribution >= 4 is 21.9 Å². The fourth-order valence-electron chi connectivity index (χ4n) is 3.52. The summed E-state index contributed by atoms with van der Waals surface area (Å²) in [6, 6.07) is -0.724. The summed E-state index contributed by atoms with van der Waals surface area (Å²) in [5.74, 6) is -1.16. The molecule has 24 heavy (non-hydrogen) atoms. The molecule has 0 bridgehead atoms. The lowest BCUT2D eigenvalue weighted by Gasteiger charge is -2.38. The Hall–Kier alpha value is -1.15. The van der Waals surface area contributed by atoms with Gasteiger partial charge in [0.2, 0.25) is 15.9 Å². The lowest BCUT2D eigenvalue weighted by atomic mass is 9.93. The third-order valence-electron chi connectivity index (χ3n) is 5.02. The zero-order valence-corrected chi connectivity index (χ0v) is 15.1. The molecular formula is C16H28N2O5S. The zero-order chi connectivity index (χ0) is 17.7. The third-order valence-corrected chi connectivity index (χ3v) is 6.98. The highest BCUT2D eigenvalue weighted by Gasteiger charge is 2.37. The van der Waals surface area contributed by atoms with Gasteiger partial charge in [0.1, 0.15) is 6.04 Å². The van der Waals surface area contributed by atoms with Gasteiger partial charge in [0.15, 0.2) is 0 Å². The maximum atomic E-state index is 12.7. The van der Waals surface area contributed by atoms with Gasteiger partial charge in [-0.1, -0.05) is 13.3 Å². The molecular weight excluding hydrogens is 332 g/mol. The molecule has 2 fully saturated rings. The summed E-state index contributed by atoms with van der Waals surface area (Å²) in [6.45, 7) is 3.16. The van der Waals surface area contributed by atoms with Crippen LogP contribution in [0.3, 0.4) is 0 Å². The summed E-state index contributed by atoms with van der Waals surface area (Å²) < 4.78 is 25.9. The van der Waals surface area contributed by atoms with Crippen molar-refractivity contribution in [3.8, 4) is 0 Å². The number of hydrogen-bond donors (Lipinski definition) is 1. The van der Waals surface area contributed by atoms with Crippen LogP contribution in [0.5, 0.6) is 0 Å². The summed E-state index contributed by atoms with van der Waals surface area (Å²) in [6.07, 6.45) is 4.61. The second kappa shape index (κ2) is 8.29. The molecule has 1 atom stereocenters. The first-order chi connectivity index (χ1) is 11.4. The van der Waals surface area contributed by atoms with Crippen LogP contribution < -0.4 is 0 Å². The topological polar surface area (TPSA) is 95.0 Å². The number of sulfonamides is 1. The first-order valence-electron chi connectivity index (χ1n) is 8.88. The van der Waals surface area contributed by atoms with Crippen LogP contribution in [0.15, 0.2) is 0 Å². The Bertz CT molecular complexity index is 555. The molecule has 0 aromatic heterocycles. The minimum Gasteiger partial charge on any atom is -0.480 e. The van der Waals surface area contributed by atoms with Gasteiger partial charge in [0.05, 0.1) is 5.75 Å². The third kappa shape index (κ3) is 4.47. The molecule has 0 radical (unpaired) electrons. The molecule has 2 aliphatic rings. The van der Waals surface area contributed by atoms with Crippen molar-refractivity contribution < 1.29 is 23.1 Å². The Labute approximate surface area is 144 Å². The fourth-order valence-corrected chi connectivity index (χ4v) is 5.20. The van der Waals surface area contributed by atoms with E-state index < -0.39 is 22.0 Å². The summed E-state index contributed by atoms with van der Waals surface area (Å²) >= 11 is 0. The average Bonchev–Trinajstić information content (AvgIpc) is 2.59. The smallest absolute Gasteiger partial charge is 0.326 e. The molecule has 0 spiro atoms. The average molecular weight is 360 g/mol. The summed E-state index contributed by atoms with van der Waals surface area (Å²) in [5, 5.41) is 9.31. The number of aliphatic carboxylic acids is 1. The number of carbonyl (C=O) groups is 2. The summed E-state index contributed by atoms with van der Waals surface area (Å²) in [4.78, 5) is 25.5. The van der Waals surface area contributed by atoms with E-state index in [1.165, 1.54) is 9.21 Å². The van der Waals surface area contributed by atoms with Crippen LogP contribution in [-0.4, -0.2) is 66.0 Å². The predicted molar refractivity (Wildman–Crippen MR) is 90.0 cm³/mol. The molecule has 0 saturated carbocycles. The Morgan fingerprint density at radius 1 is 1.08 bits per heavy atom. The Morgan fingerprint density at radius 2 is 1.75 bits per heavy atom. The Balaban J connectivity index is 1.94. The Morgan fingerprint density at radius 3 is 2.33 bits per heavy atom. The van der Waals surface area contributed by atoms with Gasteiger partial charge in [-0.3, -0.25) is 4.79 Å². The second-order valence-corrected chi connectivity index (χ2v) is 8.81. The van der Waals surface area contributed by atoms with E-state index in [0.717, 1.165) is 19.3 Å². The van der Waals surface area contributed by atoms with Gasteiger partial charge >= 0.3 is 5.97 Å². The molecule has 2 rings (SSSR count). The number of carboxylic acids is 1. The van der Waals surface area contributed by atoms with E-state index in [2.05, 4.69) is 0 Å². The highest BCUT2D eigenvalue weighted by atomic mass is 32.2. The van der Waals surface area contributed by atoms with Gasteiger partial charge in [-0.05, 0) is 38.5 Å². The van der Waals surface area contributed by atoms with Crippen LogP contribution in [-0.2, 0) is 19.6 Å². The van der Waals surface area contributed by atoms with Crippen molar-refractivity contribution in [2.75, 3.05) is 25.4 Å². The molecule has 0 aromatic rings. The number of amides is 1. The molecule has 138 valence electrons. The fraction of sp³-hybridized carbons (Fsp3) is 0.875. The minimum absolute atomic E-state index is 0.118. The predicted octanol–water partition coefficient (Wildman–Crippen LogP) is 1.29. The maximum Gasteiger partial charge on any atom is 0.326 e. The monoisotopic (exact) mass is 360 g/mol. The van der Waals surface area contributed by atoms with Crippen LogP contribution in [0.25, 0.3) is 0 Å². The molecule has 2 heterocycles. The normalized spacial score (nSPS) is 24.0. The Kier molecular flexibility index (Phi) is 6.62. The molecule has 8 heteroatoms. The molecule has 2 aliphatic heterocycles. The van der Waals surface area contributed by atoms with E-state index in [9.17, 15) is 23.1 Å². The highest BCUT2D eigenvalue weighted by molar-refractivity contribution is 7.89. The maximum absolute atomic E-state index is 12.7. The molecule has 2 saturated heterocycles. The highest BCUT2D eigenvalue weighted by Crippen LogP contribution is 2.26. The minimum atomic E-state index is -3.23. The first-order valence-corrected chi connectivity index (χ1v) is 10.5. The van der Waals surface area contributed by atoms with Crippen LogP contribution in [0.4, 0.5) is 0 Å². The van der Waals surface area contributed by atoms with Crippen molar-refractivity contribution in [2.24, 2.45) is 5.92 Å². The van der Waals surface area contributed by atoms with Gasteiger partial charge in [0, 0.05) is 25.6 Å². The number of carbonyl (C=O) groups excluding carboxylic acids is 1. The van der Waals surface area contributed by atoms with Gasteiger partial charge in [-0.25, -0.2) is 17.5 Å². The van der Waals surface area contributed by atoms with Crippen molar-refractivity contribution in [2.45, 2.75) is 57.9 Å². The quantitative estimate of drug-likeness (QED) is 0.770. The SMILES string of the molecule is CCCCS(=O)(=O)N1CCC(C(=O)N2CCCC[C@H]2C(=O)O)CC1. The van der Waals surface area contributed by atoms with Gasteiger partial charge < -0.3 is 10.0 Å². The van der Waals surface area contributed by atoms with E-state index in [4.69, 9.17) is 0 Å². The number of nitrogens with zero attached hydrogens (tertiary/aromatic N) is 2. The largest absolute Gasteiger partial charge is 0.480 e. The lowest BCUT2D eigenvalue weighted by Crippen LogP contribution is -2.52. The van der Waals surface area contributed by atoms with Crippen LogP contribution in [0.2, 0.25) is 0 Å². The number of hydrogen-bond acceptors (Lipinski definition) is 4. The van der Waals surface area contributed by atoms with E-state index in [0.29, 0.717) is 45.3 Å².